The van der Waals surface area contributed by atoms with Crippen molar-refractivity contribution in [2.24, 2.45) is 0 Å². The van der Waals surface area contributed by atoms with E-state index in [1.165, 1.54) is 30.6 Å². The molecule has 0 bridgehead atoms. The predicted molar refractivity (Wildman–Crippen MR) is 61.8 cm³/mol. The van der Waals surface area contributed by atoms with Gasteiger partial charge in [-0.1, -0.05) is 23.7 Å². The lowest BCUT2D eigenvalue weighted by molar-refractivity contribution is -0.136. The van der Waals surface area contributed by atoms with E-state index < -0.39 is 11.7 Å². The topological polar surface area (TPSA) is 37.8 Å². The van der Waals surface area contributed by atoms with Crippen LogP contribution in [0.4, 0.5) is 24.7 Å². The smallest absolute Gasteiger partial charge is 0.337 e. The molecule has 0 saturated carbocycles. The third kappa shape index (κ3) is 2.70. The van der Waals surface area contributed by atoms with E-state index in [9.17, 15) is 13.2 Å². The molecule has 1 aromatic heterocycles. The lowest BCUT2D eigenvalue weighted by Crippen LogP contribution is -2.09. The Morgan fingerprint density at radius 2 is 1.72 bits per heavy atom. The minimum Gasteiger partial charge on any atom is -0.337 e. The Bertz CT molecular complexity index is 557. The van der Waals surface area contributed by atoms with Crippen LogP contribution in [0.25, 0.3) is 0 Å². The molecule has 0 saturated heterocycles. The molecule has 7 heteroatoms. The molecular weight excluding hydrogens is 267 g/mol. The van der Waals surface area contributed by atoms with Crippen LogP contribution in [0.2, 0.25) is 5.15 Å². The lowest BCUT2D eigenvalue weighted by Gasteiger charge is -2.13. The molecule has 3 nitrogen and oxygen atoms in total. The number of anilines is 2. The van der Waals surface area contributed by atoms with Gasteiger partial charge in [0, 0.05) is 12.4 Å². The third-order valence-corrected chi connectivity index (χ3v) is 2.42. The maximum absolute atomic E-state index is 12.7. The van der Waals surface area contributed by atoms with Crippen LogP contribution in [-0.4, -0.2) is 9.97 Å². The van der Waals surface area contributed by atoms with Crippen LogP contribution in [-0.2, 0) is 6.18 Å². The second-order valence-corrected chi connectivity index (χ2v) is 3.72. The Labute approximate surface area is 106 Å². The van der Waals surface area contributed by atoms with Gasteiger partial charge < -0.3 is 5.32 Å². The lowest BCUT2D eigenvalue weighted by atomic mass is 10.1. The number of aromatic nitrogens is 2. The molecule has 2 rings (SSSR count). The molecule has 1 N–H and O–H groups in total. The Morgan fingerprint density at radius 3 is 2.39 bits per heavy atom. The first kappa shape index (κ1) is 12.6. The van der Waals surface area contributed by atoms with Gasteiger partial charge in [0.15, 0.2) is 11.0 Å². The number of nitrogens with one attached hydrogen (secondary N) is 1. The van der Waals surface area contributed by atoms with Crippen molar-refractivity contribution in [2.45, 2.75) is 6.18 Å². The van der Waals surface area contributed by atoms with E-state index in [2.05, 4.69) is 15.3 Å². The number of para-hydroxylation sites is 1. The molecule has 1 heterocycles. The normalized spacial score (nSPS) is 11.3. The molecule has 0 fully saturated rings. The van der Waals surface area contributed by atoms with E-state index in [0.29, 0.717) is 0 Å². The number of rotatable bonds is 2. The molecule has 1 aromatic carbocycles. The van der Waals surface area contributed by atoms with Gasteiger partial charge in [-0.15, -0.1) is 0 Å². The minimum absolute atomic E-state index is 0.00878. The first-order valence-electron chi connectivity index (χ1n) is 4.88. The summed E-state index contributed by atoms with van der Waals surface area (Å²) in [6, 6.07) is 5.08. The van der Waals surface area contributed by atoms with Gasteiger partial charge >= 0.3 is 6.18 Å². The zero-order valence-electron chi connectivity index (χ0n) is 8.87. The molecule has 18 heavy (non-hydrogen) atoms. The molecule has 0 spiro atoms. The summed E-state index contributed by atoms with van der Waals surface area (Å²) in [6.07, 6.45) is -1.76. The fraction of sp³-hybridized carbons (Fsp3) is 0.0909. The standard InChI is InChI=1S/C11H7ClF3N3/c12-9-10(17-6-5-16-9)18-8-4-2-1-3-7(8)11(13,14)15/h1-6H,(H,17,18). The maximum Gasteiger partial charge on any atom is 0.418 e. The number of halogens is 4. The molecule has 0 aliphatic carbocycles. The van der Waals surface area contributed by atoms with Crippen LogP contribution in [0.15, 0.2) is 36.7 Å². The third-order valence-electron chi connectivity index (χ3n) is 2.14. The molecule has 0 unspecified atom stereocenters. The second kappa shape index (κ2) is 4.81. The van der Waals surface area contributed by atoms with Gasteiger partial charge in [-0.2, -0.15) is 13.2 Å². The van der Waals surface area contributed by atoms with Crippen molar-refractivity contribution in [2.75, 3.05) is 5.32 Å². The number of nitrogens with zero attached hydrogens (tertiary/aromatic N) is 2. The number of hydrogen-bond acceptors (Lipinski definition) is 3. The molecule has 2 aromatic rings. The SMILES string of the molecule is FC(F)(F)c1ccccc1Nc1nccnc1Cl. The van der Waals surface area contributed by atoms with Gasteiger partial charge in [0.1, 0.15) is 0 Å². The summed E-state index contributed by atoms with van der Waals surface area (Å²) in [7, 11) is 0. The summed E-state index contributed by atoms with van der Waals surface area (Å²) in [5.74, 6) is 0.0795. The van der Waals surface area contributed by atoms with Crippen molar-refractivity contribution in [1.82, 2.24) is 9.97 Å². The van der Waals surface area contributed by atoms with Gasteiger partial charge in [-0.05, 0) is 12.1 Å². The monoisotopic (exact) mass is 273 g/mol. The predicted octanol–water partition coefficient (Wildman–Crippen LogP) is 3.89. The number of alkyl halides is 3. The molecule has 0 aliphatic rings. The van der Waals surface area contributed by atoms with Crippen LogP contribution in [0, 0.1) is 0 Å². The average Bonchev–Trinajstić information content (AvgIpc) is 2.31. The summed E-state index contributed by atoms with van der Waals surface area (Å²) in [5, 5.41) is 2.53. The van der Waals surface area contributed by atoms with Crippen LogP contribution in [0.5, 0.6) is 0 Å². The highest BCUT2D eigenvalue weighted by molar-refractivity contribution is 6.31. The highest BCUT2D eigenvalue weighted by Crippen LogP contribution is 2.36. The zero-order chi connectivity index (χ0) is 13.2. The van der Waals surface area contributed by atoms with E-state index >= 15 is 0 Å². The van der Waals surface area contributed by atoms with Gasteiger partial charge in [-0.3, -0.25) is 0 Å². The highest BCUT2D eigenvalue weighted by Gasteiger charge is 2.33. The Morgan fingerprint density at radius 1 is 1.06 bits per heavy atom. The number of benzene rings is 1. The average molecular weight is 274 g/mol. The molecule has 94 valence electrons. The Kier molecular flexibility index (Phi) is 3.38. The maximum atomic E-state index is 12.7. The van der Waals surface area contributed by atoms with Gasteiger partial charge in [0.05, 0.1) is 11.3 Å². The zero-order valence-corrected chi connectivity index (χ0v) is 9.63. The largest absolute Gasteiger partial charge is 0.418 e. The van der Waals surface area contributed by atoms with Crippen LogP contribution in [0.1, 0.15) is 5.56 Å². The summed E-state index contributed by atoms with van der Waals surface area (Å²) in [4.78, 5) is 7.55. The van der Waals surface area contributed by atoms with Crippen molar-refractivity contribution >= 4 is 23.1 Å². The van der Waals surface area contributed by atoms with Crippen molar-refractivity contribution in [3.05, 3.63) is 47.4 Å². The Balaban J connectivity index is 2.39. The van der Waals surface area contributed by atoms with E-state index in [0.717, 1.165) is 6.07 Å². The molecule has 0 aliphatic heterocycles. The van der Waals surface area contributed by atoms with Crippen LogP contribution < -0.4 is 5.32 Å². The van der Waals surface area contributed by atoms with E-state index in [1.807, 2.05) is 0 Å². The van der Waals surface area contributed by atoms with E-state index in [-0.39, 0.29) is 16.7 Å². The summed E-state index contributed by atoms with van der Waals surface area (Å²) < 4.78 is 38.2. The second-order valence-electron chi connectivity index (χ2n) is 3.36. The van der Waals surface area contributed by atoms with Crippen molar-refractivity contribution in [3.8, 4) is 0 Å². The number of hydrogen-bond donors (Lipinski definition) is 1. The van der Waals surface area contributed by atoms with Gasteiger partial charge in [0.25, 0.3) is 0 Å². The Hall–Kier alpha value is -1.82. The first-order chi connectivity index (χ1) is 8.48. The van der Waals surface area contributed by atoms with Crippen molar-refractivity contribution in [3.63, 3.8) is 0 Å². The first-order valence-corrected chi connectivity index (χ1v) is 5.26. The highest BCUT2D eigenvalue weighted by atomic mass is 35.5. The summed E-state index contributed by atoms with van der Waals surface area (Å²) in [5.41, 5.74) is -0.904. The van der Waals surface area contributed by atoms with E-state index in [1.54, 1.807) is 0 Å². The van der Waals surface area contributed by atoms with Crippen molar-refractivity contribution < 1.29 is 13.2 Å². The van der Waals surface area contributed by atoms with Crippen molar-refractivity contribution in [1.29, 1.82) is 0 Å². The minimum atomic E-state index is -4.45. The van der Waals surface area contributed by atoms with E-state index in [4.69, 9.17) is 11.6 Å². The summed E-state index contributed by atoms with van der Waals surface area (Å²) >= 11 is 5.72. The van der Waals surface area contributed by atoms with Crippen LogP contribution in [0.3, 0.4) is 0 Å². The fourth-order valence-corrected chi connectivity index (χ4v) is 1.52. The van der Waals surface area contributed by atoms with Crippen LogP contribution >= 0.6 is 11.6 Å². The quantitative estimate of drug-likeness (QED) is 0.902. The molecule has 0 atom stereocenters. The molecule has 0 amide bonds. The summed E-state index contributed by atoms with van der Waals surface area (Å²) in [6.45, 7) is 0. The molecule has 0 radical (unpaired) electrons. The van der Waals surface area contributed by atoms with Gasteiger partial charge in [0.2, 0.25) is 0 Å². The fourth-order valence-electron chi connectivity index (χ4n) is 1.37. The van der Waals surface area contributed by atoms with Gasteiger partial charge in [-0.25, -0.2) is 9.97 Å². The molecular formula is C11H7ClF3N3.